The van der Waals surface area contributed by atoms with Gasteiger partial charge in [0.05, 0.1) is 12.8 Å². The van der Waals surface area contributed by atoms with E-state index in [0.717, 1.165) is 23.4 Å². The fourth-order valence-electron chi connectivity index (χ4n) is 2.42. The second-order valence-corrected chi connectivity index (χ2v) is 8.20. The predicted octanol–water partition coefficient (Wildman–Crippen LogP) is 2.37. The van der Waals surface area contributed by atoms with Crippen molar-refractivity contribution in [3.63, 3.8) is 0 Å². The average molecular weight is 425 g/mol. The first-order valence-electron chi connectivity index (χ1n) is 8.89. The quantitative estimate of drug-likeness (QED) is 0.588. The van der Waals surface area contributed by atoms with Crippen molar-refractivity contribution in [1.82, 2.24) is 4.72 Å². The van der Waals surface area contributed by atoms with Crippen LogP contribution in [0.5, 0.6) is 11.5 Å². The van der Waals surface area contributed by atoms with Gasteiger partial charge in [-0.3, -0.25) is 4.79 Å². The highest BCUT2D eigenvalue weighted by Crippen LogP contribution is 2.18. The number of ether oxygens (including phenoxy) is 1. The summed E-state index contributed by atoms with van der Waals surface area (Å²) in [6, 6.07) is 17.6. The minimum Gasteiger partial charge on any atom is -0.502 e. The van der Waals surface area contributed by atoms with Crippen LogP contribution in [0.1, 0.15) is 22.6 Å². The first-order valence-corrected chi connectivity index (χ1v) is 10.8. The Bertz CT molecular complexity index is 1240. The van der Waals surface area contributed by atoms with Gasteiger partial charge >= 0.3 is 0 Å². The number of sulfonamides is 1. The molecule has 0 aliphatic carbocycles. The van der Waals surface area contributed by atoms with E-state index in [1.807, 2.05) is 30.3 Å². The molecular weight excluding hydrogens is 406 g/mol. The molecule has 0 fully saturated rings. The van der Waals surface area contributed by atoms with E-state index in [1.165, 1.54) is 0 Å². The molecule has 0 amide bonds. The van der Waals surface area contributed by atoms with Gasteiger partial charge in [-0.05, 0) is 36.4 Å². The average Bonchev–Trinajstić information content (AvgIpc) is 2.73. The minimum absolute atomic E-state index is 0.0633. The molecule has 3 aromatic rings. The molecule has 0 spiro atoms. The van der Waals surface area contributed by atoms with Gasteiger partial charge in [0.2, 0.25) is 21.2 Å². The number of benzene rings is 2. The first-order chi connectivity index (χ1) is 14.3. The molecule has 0 aliphatic rings. The lowest BCUT2D eigenvalue weighted by molar-refractivity contribution is 0.248. The second-order valence-electron chi connectivity index (χ2n) is 6.37. The third-order valence-electron chi connectivity index (χ3n) is 3.90. The highest BCUT2D eigenvalue weighted by atomic mass is 32.2. The van der Waals surface area contributed by atoms with Crippen molar-refractivity contribution >= 4 is 10.0 Å². The monoisotopic (exact) mass is 425 g/mol. The molecule has 0 radical (unpaired) electrons. The summed E-state index contributed by atoms with van der Waals surface area (Å²) in [5.74, 6) is 5.98. The van der Waals surface area contributed by atoms with Crippen molar-refractivity contribution in [3.05, 3.63) is 93.5 Å². The molecule has 3 rings (SSSR count). The molecule has 7 nitrogen and oxygen atoms in total. The molecule has 0 bridgehead atoms. The number of hydrogen-bond acceptors (Lipinski definition) is 6. The van der Waals surface area contributed by atoms with Gasteiger partial charge in [0.1, 0.15) is 18.1 Å². The van der Waals surface area contributed by atoms with Crippen molar-refractivity contribution in [2.75, 3.05) is 6.26 Å². The Morgan fingerprint density at radius 1 is 1.03 bits per heavy atom. The van der Waals surface area contributed by atoms with E-state index in [4.69, 9.17) is 9.15 Å². The molecule has 8 heteroatoms. The highest BCUT2D eigenvalue weighted by molar-refractivity contribution is 7.88. The number of rotatable bonds is 6. The van der Waals surface area contributed by atoms with Crippen LogP contribution < -0.4 is 14.9 Å². The van der Waals surface area contributed by atoms with E-state index in [2.05, 4.69) is 16.6 Å². The Morgan fingerprint density at radius 3 is 2.30 bits per heavy atom. The summed E-state index contributed by atoms with van der Waals surface area (Å²) in [5, 5.41) is 9.91. The molecule has 1 heterocycles. The maximum atomic E-state index is 11.9. The Hall–Kier alpha value is -3.54. The lowest BCUT2D eigenvalue weighted by atomic mass is 10.2. The molecule has 2 aromatic carbocycles. The summed E-state index contributed by atoms with van der Waals surface area (Å²) in [6.07, 6.45) is 0.990. The Labute approximate surface area is 174 Å². The van der Waals surface area contributed by atoms with Crippen LogP contribution in [0.15, 0.2) is 69.9 Å². The van der Waals surface area contributed by atoms with Crippen LogP contribution in [0.4, 0.5) is 0 Å². The zero-order chi connectivity index (χ0) is 21.6. The Kier molecular flexibility index (Phi) is 6.57. The smallest absolute Gasteiger partial charge is 0.227 e. The van der Waals surface area contributed by atoms with Gasteiger partial charge in [0.15, 0.2) is 5.76 Å². The van der Waals surface area contributed by atoms with Crippen LogP contribution in [0.2, 0.25) is 0 Å². The largest absolute Gasteiger partial charge is 0.502 e. The van der Waals surface area contributed by atoms with Gasteiger partial charge in [-0.1, -0.05) is 30.0 Å². The molecule has 0 aliphatic heterocycles. The third kappa shape index (κ3) is 6.24. The Balaban J connectivity index is 1.67. The summed E-state index contributed by atoms with van der Waals surface area (Å²) >= 11 is 0. The lowest BCUT2D eigenvalue weighted by Crippen LogP contribution is -2.22. The van der Waals surface area contributed by atoms with Crippen molar-refractivity contribution in [1.29, 1.82) is 0 Å². The summed E-state index contributed by atoms with van der Waals surface area (Å²) in [5.41, 5.74) is 1.03. The number of nitrogens with one attached hydrogen (secondary N) is 1. The van der Waals surface area contributed by atoms with Crippen LogP contribution in [-0.2, 0) is 23.2 Å². The van der Waals surface area contributed by atoms with E-state index < -0.39 is 21.2 Å². The Morgan fingerprint density at radius 2 is 1.67 bits per heavy atom. The lowest BCUT2D eigenvalue weighted by Gasteiger charge is -2.09. The van der Waals surface area contributed by atoms with Crippen molar-refractivity contribution in [2.45, 2.75) is 13.2 Å². The van der Waals surface area contributed by atoms with E-state index in [-0.39, 0.29) is 24.7 Å². The van der Waals surface area contributed by atoms with Gasteiger partial charge in [-0.2, -0.15) is 0 Å². The van der Waals surface area contributed by atoms with Gasteiger partial charge in [-0.15, -0.1) is 0 Å². The fourth-order valence-corrected chi connectivity index (χ4v) is 2.83. The van der Waals surface area contributed by atoms with Crippen LogP contribution in [0.3, 0.4) is 0 Å². The molecule has 0 saturated heterocycles. The van der Waals surface area contributed by atoms with Crippen LogP contribution in [-0.4, -0.2) is 19.8 Å². The molecule has 0 atom stereocenters. The second kappa shape index (κ2) is 9.31. The molecule has 0 unspecified atom stereocenters. The number of aromatic hydroxyl groups is 1. The van der Waals surface area contributed by atoms with Crippen molar-refractivity contribution < 1.29 is 22.7 Å². The highest BCUT2D eigenvalue weighted by Gasteiger charge is 2.13. The van der Waals surface area contributed by atoms with E-state index in [9.17, 15) is 18.3 Å². The van der Waals surface area contributed by atoms with Gasteiger partial charge < -0.3 is 14.3 Å². The van der Waals surface area contributed by atoms with E-state index in [0.29, 0.717) is 5.75 Å². The summed E-state index contributed by atoms with van der Waals surface area (Å²) in [4.78, 5) is 11.9. The summed E-state index contributed by atoms with van der Waals surface area (Å²) < 4.78 is 35.6. The zero-order valence-electron chi connectivity index (χ0n) is 16.1. The molecule has 30 heavy (non-hydrogen) atoms. The van der Waals surface area contributed by atoms with Crippen LogP contribution in [0.25, 0.3) is 0 Å². The van der Waals surface area contributed by atoms with Gasteiger partial charge in [0, 0.05) is 17.2 Å². The normalized spacial score (nSPS) is 10.8. The molecule has 1 aromatic heterocycles. The van der Waals surface area contributed by atoms with Crippen LogP contribution in [0, 0.1) is 11.8 Å². The molecule has 154 valence electrons. The predicted molar refractivity (Wildman–Crippen MR) is 112 cm³/mol. The summed E-state index contributed by atoms with van der Waals surface area (Å²) in [6.45, 7) is -0.418. The topological polar surface area (TPSA) is 106 Å². The van der Waals surface area contributed by atoms with Crippen molar-refractivity contribution in [3.8, 4) is 23.3 Å². The minimum atomic E-state index is -3.46. The summed E-state index contributed by atoms with van der Waals surface area (Å²) in [7, 11) is -3.46. The van der Waals surface area contributed by atoms with E-state index >= 15 is 0 Å². The third-order valence-corrected chi connectivity index (χ3v) is 4.57. The zero-order valence-corrected chi connectivity index (χ0v) is 16.9. The van der Waals surface area contributed by atoms with Crippen LogP contribution >= 0.6 is 0 Å². The number of hydrogen-bond donors (Lipinski definition) is 2. The molecule has 0 saturated carbocycles. The SMILES string of the molecule is CS(=O)(=O)NCc1cc(=O)c(O)c(COc2ccc(C#Cc3ccccc3)cc2)o1. The standard InChI is InChI=1S/C22H19NO6S/c1-30(26,27)23-14-19-13-20(24)22(25)21(29-19)15-28-18-11-9-17(10-12-18)8-7-16-5-3-2-4-6-16/h2-6,9-13,23,25H,14-15H2,1H3. The van der Waals surface area contributed by atoms with Gasteiger partial charge in [0.25, 0.3) is 0 Å². The molecule has 2 N–H and O–H groups in total. The van der Waals surface area contributed by atoms with Gasteiger partial charge in [-0.25, -0.2) is 13.1 Å². The molecular formula is C22H19NO6S. The maximum absolute atomic E-state index is 11.9. The van der Waals surface area contributed by atoms with E-state index in [1.54, 1.807) is 24.3 Å². The first kappa shape index (κ1) is 21.2. The maximum Gasteiger partial charge on any atom is 0.227 e. The fraction of sp³-hybridized carbons (Fsp3) is 0.136. The van der Waals surface area contributed by atoms with Crippen molar-refractivity contribution in [2.24, 2.45) is 0 Å².